The van der Waals surface area contributed by atoms with E-state index in [1.54, 1.807) is 6.07 Å². The number of hydrogen-bond acceptors (Lipinski definition) is 6. The maximum atomic E-state index is 11.3. The number of benzene rings is 1. The van der Waals surface area contributed by atoms with Gasteiger partial charge >= 0.3 is 0 Å². The Hall–Kier alpha value is -1.75. The standard InChI is InChI=1S/C14H17IN6O2/c1-10-16-14(18-17-10)9-19-4-6-20(7-5-19)12-3-2-11(15)8-13(12)21(22)23/h2-3,8H,4-7,9H2,1H3,(H,16,17,18). The summed E-state index contributed by atoms with van der Waals surface area (Å²) in [6.07, 6.45) is 0. The molecule has 1 fully saturated rings. The van der Waals surface area contributed by atoms with Gasteiger partial charge in [0.25, 0.3) is 5.69 Å². The lowest BCUT2D eigenvalue weighted by molar-refractivity contribution is -0.384. The van der Waals surface area contributed by atoms with Gasteiger partial charge < -0.3 is 4.90 Å². The van der Waals surface area contributed by atoms with Gasteiger partial charge in [0.1, 0.15) is 11.5 Å². The highest BCUT2D eigenvalue weighted by Crippen LogP contribution is 2.30. The van der Waals surface area contributed by atoms with Gasteiger partial charge in [-0.1, -0.05) is 0 Å². The molecular formula is C14H17IN6O2. The number of aryl methyl sites for hydroxylation is 1. The Labute approximate surface area is 147 Å². The largest absolute Gasteiger partial charge is 0.363 e. The lowest BCUT2D eigenvalue weighted by Crippen LogP contribution is -2.46. The molecule has 1 aliphatic rings. The fraction of sp³-hybridized carbons (Fsp3) is 0.429. The van der Waals surface area contributed by atoms with E-state index >= 15 is 0 Å². The molecule has 0 saturated carbocycles. The van der Waals surface area contributed by atoms with Crippen LogP contribution < -0.4 is 4.90 Å². The van der Waals surface area contributed by atoms with Crippen LogP contribution in [0, 0.1) is 20.6 Å². The third kappa shape index (κ3) is 3.78. The van der Waals surface area contributed by atoms with Crippen LogP contribution in [0.1, 0.15) is 11.6 Å². The molecule has 0 bridgehead atoms. The fourth-order valence-corrected chi connectivity index (χ4v) is 3.19. The quantitative estimate of drug-likeness (QED) is 0.455. The number of nitrogens with one attached hydrogen (secondary N) is 1. The van der Waals surface area contributed by atoms with Crippen molar-refractivity contribution >= 4 is 34.0 Å². The summed E-state index contributed by atoms with van der Waals surface area (Å²) < 4.78 is 0.872. The molecule has 2 aromatic rings. The summed E-state index contributed by atoms with van der Waals surface area (Å²) in [5.74, 6) is 1.60. The highest BCUT2D eigenvalue weighted by molar-refractivity contribution is 14.1. The van der Waals surface area contributed by atoms with Crippen molar-refractivity contribution in [3.05, 3.63) is 43.5 Å². The van der Waals surface area contributed by atoms with Crippen LogP contribution in [0.2, 0.25) is 0 Å². The zero-order valence-corrected chi connectivity index (χ0v) is 14.9. The van der Waals surface area contributed by atoms with Gasteiger partial charge in [0.15, 0.2) is 5.82 Å². The third-order valence-corrected chi connectivity index (χ3v) is 4.53. The Morgan fingerprint density at radius 1 is 1.35 bits per heavy atom. The minimum absolute atomic E-state index is 0.176. The first-order valence-corrected chi connectivity index (χ1v) is 8.40. The maximum Gasteiger partial charge on any atom is 0.293 e. The number of nitro groups is 1. The van der Waals surface area contributed by atoms with Gasteiger partial charge in [-0.05, 0) is 41.6 Å². The van der Waals surface area contributed by atoms with Crippen molar-refractivity contribution in [1.82, 2.24) is 20.1 Å². The van der Waals surface area contributed by atoms with Crippen LogP contribution in [0.3, 0.4) is 0 Å². The van der Waals surface area contributed by atoms with Gasteiger partial charge in [-0.2, -0.15) is 5.10 Å². The summed E-state index contributed by atoms with van der Waals surface area (Å²) in [4.78, 5) is 19.6. The number of aromatic nitrogens is 3. The molecule has 2 heterocycles. The van der Waals surface area contributed by atoms with Crippen molar-refractivity contribution in [1.29, 1.82) is 0 Å². The van der Waals surface area contributed by atoms with E-state index in [0.29, 0.717) is 12.2 Å². The first-order chi connectivity index (χ1) is 11.0. The van der Waals surface area contributed by atoms with Crippen molar-refractivity contribution in [2.45, 2.75) is 13.5 Å². The van der Waals surface area contributed by atoms with E-state index in [1.165, 1.54) is 0 Å². The summed E-state index contributed by atoms with van der Waals surface area (Å²) in [5.41, 5.74) is 0.874. The zero-order chi connectivity index (χ0) is 16.4. The molecule has 1 saturated heterocycles. The second-order valence-electron chi connectivity index (χ2n) is 5.49. The van der Waals surface area contributed by atoms with E-state index in [4.69, 9.17) is 0 Å². The topological polar surface area (TPSA) is 91.2 Å². The first kappa shape index (κ1) is 16.1. The summed E-state index contributed by atoms with van der Waals surface area (Å²) in [7, 11) is 0. The highest BCUT2D eigenvalue weighted by atomic mass is 127. The van der Waals surface area contributed by atoms with Gasteiger partial charge in [-0.3, -0.25) is 20.1 Å². The minimum atomic E-state index is -0.305. The number of nitro benzene ring substituents is 1. The van der Waals surface area contributed by atoms with E-state index in [2.05, 4.69) is 47.6 Å². The van der Waals surface area contributed by atoms with Crippen LogP contribution in [0.4, 0.5) is 11.4 Å². The molecule has 3 rings (SSSR count). The molecule has 1 N–H and O–H groups in total. The Morgan fingerprint density at radius 2 is 2.09 bits per heavy atom. The van der Waals surface area contributed by atoms with Gasteiger partial charge in [0, 0.05) is 35.8 Å². The number of nitrogens with zero attached hydrogens (tertiary/aromatic N) is 5. The average Bonchev–Trinajstić information content (AvgIpc) is 2.93. The smallest absolute Gasteiger partial charge is 0.293 e. The second-order valence-corrected chi connectivity index (χ2v) is 6.74. The van der Waals surface area contributed by atoms with E-state index in [1.807, 2.05) is 19.1 Å². The number of rotatable bonds is 4. The van der Waals surface area contributed by atoms with Crippen LogP contribution >= 0.6 is 22.6 Å². The molecule has 0 atom stereocenters. The Balaban J connectivity index is 1.66. The van der Waals surface area contributed by atoms with Crippen molar-refractivity contribution < 1.29 is 4.92 Å². The minimum Gasteiger partial charge on any atom is -0.363 e. The molecule has 0 unspecified atom stereocenters. The van der Waals surface area contributed by atoms with Crippen LogP contribution in [-0.2, 0) is 6.54 Å². The van der Waals surface area contributed by atoms with E-state index in [-0.39, 0.29) is 10.6 Å². The van der Waals surface area contributed by atoms with Crippen molar-refractivity contribution in [2.24, 2.45) is 0 Å². The predicted octanol–water partition coefficient (Wildman–Crippen LogP) is 1.95. The number of piperazine rings is 1. The van der Waals surface area contributed by atoms with Crippen LogP contribution in [0.5, 0.6) is 0 Å². The molecule has 0 spiro atoms. The molecule has 1 aromatic carbocycles. The molecule has 122 valence electrons. The molecule has 8 nitrogen and oxygen atoms in total. The molecule has 0 aliphatic carbocycles. The normalized spacial score (nSPS) is 15.8. The number of hydrogen-bond donors (Lipinski definition) is 1. The van der Waals surface area contributed by atoms with Gasteiger partial charge in [-0.15, -0.1) is 0 Å². The molecule has 1 aromatic heterocycles. The molecule has 1 aliphatic heterocycles. The lowest BCUT2D eigenvalue weighted by atomic mass is 10.2. The lowest BCUT2D eigenvalue weighted by Gasteiger charge is -2.35. The maximum absolute atomic E-state index is 11.3. The SMILES string of the molecule is Cc1nc(CN2CCN(c3ccc(I)cc3[N+](=O)[O-])CC2)n[nH]1. The Morgan fingerprint density at radius 3 is 2.70 bits per heavy atom. The van der Waals surface area contributed by atoms with Gasteiger partial charge in [-0.25, -0.2) is 4.98 Å². The number of aromatic amines is 1. The van der Waals surface area contributed by atoms with E-state index in [0.717, 1.165) is 41.4 Å². The van der Waals surface area contributed by atoms with Crippen molar-refractivity contribution in [3.63, 3.8) is 0 Å². The summed E-state index contributed by atoms with van der Waals surface area (Å²) >= 11 is 2.10. The Bertz CT molecular complexity index is 711. The monoisotopic (exact) mass is 428 g/mol. The number of halogens is 1. The van der Waals surface area contributed by atoms with E-state index in [9.17, 15) is 10.1 Å². The molecule has 0 radical (unpaired) electrons. The second kappa shape index (κ2) is 6.79. The molecular weight excluding hydrogens is 411 g/mol. The summed E-state index contributed by atoms with van der Waals surface area (Å²) in [6.45, 7) is 5.75. The average molecular weight is 428 g/mol. The molecule has 9 heteroatoms. The van der Waals surface area contributed by atoms with Gasteiger partial charge in [0.2, 0.25) is 0 Å². The van der Waals surface area contributed by atoms with Crippen molar-refractivity contribution in [3.8, 4) is 0 Å². The van der Waals surface area contributed by atoms with Gasteiger partial charge in [0.05, 0.1) is 11.5 Å². The summed E-state index contributed by atoms with van der Waals surface area (Å²) in [6, 6.07) is 5.37. The molecule has 0 amide bonds. The first-order valence-electron chi connectivity index (χ1n) is 7.32. The van der Waals surface area contributed by atoms with E-state index < -0.39 is 0 Å². The zero-order valence-electron chi connectivity index (χ0n) is 12.7. The fourth-order valence-electron chi connectivity index (χ4n) is 2.72. The van der Waals surface area contributed by atoms with Crippen LogP contribution in [0.25, 0.3) is 0 Å². The van der Waals surface area contributed by atoms with Crippen LogP contribution in [0.15, 0.2) is 18.2 Å². The number of anilines is 1. The number of H-pyrrole nitrogens is 1. The van der Waals surface area contributed by atoms with Crippen molar-refractivity contribution in [2.75, 3.05) is 31.1 Å². The predicted molar refractivity (Wildman–Crippen MR) is 94.4 cm³/mol. The summed E-state index contributed by atoms with van der Waals surface area (Å²) in [5, 5.41) is 18.3. The highest BCUT2D eigenvalue weighted by Gasteiger charge is 2.24. The Kier molecular flexibility index (Phi) is 4.76. The molecule has 23 heavy (non-hydrogen) atoms. The third-order valence-electron chi connectivity index (χ3n) is 3.86. The van der Waals surface area contributed by atoms with Crippen LogP contribution in [-0.4, -0.2) is 51.2 Å².